The molecule has 3 aromatic rings. The standard InChI is InChI=1S/C25H30N4O3S2/c30-22(26-15-17-5-7-18(8-6-17)29-10-12-32-13-11-29)9-14-33-16-21-27-24(31)23-19-3-1-2-4-20(19)34-25(23)28-21/h5-8H,1-4,9-16H2,(H,26,30)(H,27,28,31). The average molecular weight is 499 g/mol. The van der Waals surface area contributed by atoms with Gasteiger partial charge in [-0.25, -0.2) is 4.98 Å². The maximum Gasteiger partial charge on any atom is 0.259 e. The van der Waals surface area contributed by atoms with Gasteiger partial charge in [0.2, 0.25) is 5.91 Å². The van der Waals surface area contributed by atoms with Gasteiger partial charge in [0.15, 0.2) is 0 Å². The minimum Gasteiger partial charge on any atom is -0.378 e. The zero-order chi connectivity index (χ0) is 23.3. The van der Waals surface area contributed by atoms with Crippen LogP contribution in [0.5, 0.6) is 0 Å². The van der Waals surface area contributed by atoms with Gasteiger partial charge in [-0.1, -0.05) is 12.1 Å². The number of amides is 1. The summed E-state index contributed by atoms with van der Waals surface area (Å²) in [5.74, 6) is 2.02. The number of H-pyrrole nitrogens is 1. The van der Waals surface area contributed by atoms with Gasteiger partial charge in [-0.3, -0.25) is 9.59 Å². The lowest BCUT2D eigenvalue weighted by Gasteiger charge is -2.28. The van der Waals surface area contributed by atoms with E-state index in [-0.39, 0.29) is 11.5 Å². The van der Waals surface area contributed by atoms with Gasteiger partial charge in [0.25, 0.3) is 5.56 Å². The zero-order valence-corrected chi connectivity index (χ0v) is 20.9. The molecule has 1 amide bonds. The number of thioether (sulfide) groups is 1. The van der Waals surface area contributed by atoms with Crippen molar-refractivity contribution >= 4 is 44.9 Å². The Kier molecular flexibility index (Phi) is 7.51. The molecule has 0 unspecified atom stereocenters. The lowest BCUT2D eigenvalue weighted by atomic mass is 9.97. The van der Waals surface area contributed by atoms with E-state index >= 15 is 0 Å². The second-order valence-electron chi connectivity index (χ2n) is 8.75. The predicted molar refractivity (Wildman–Crippen MR) is 139 cm³/mol. The van der Waals surface area contributed by atoms with Crippen molar-refractivity contribution in [2.24, 2.45) is 0 Å². The summed E-state index contributed by atoms with van der Waals surface area (Å²) in [6, 6.07) is 8.36. The predicted octanol–water partition coefficient (Wildman–Crippen LogP) is 3.64. The summed E-state index contributed by atoms with van der Waals surface area (Å²) in [6.07, 6.45) is 4.84. The van der Waals surface area contributed by atoms with E-state index in [4.69, 9.17) is 9.72 Å². The molecule has 0 spiro atoms. The molecule has 2 aliphatic rings. The van der Waals surface area contributed by atoms with Crippen LogP contribution in [0, 0.1) is 0 Å². The first-order valence-corrected chi connectivity index (χ1v) is 13.9. The van der Waals surface area contributed by atoms with E-state index in [1.807, 2.05) is 0 Å². The number of fused-ring (bicyclic) bond motifs is 3. The van der Waals surface area contributed by atoms with Crippen molar-refractivity contribution in [3.05, 3.63) is 56.4 Å². The molecule has 1 aliphatic heterocycles. The molecule has 9 heteroatoms. The minimum atomic E-state index is -0.0163. The molecule has 1 aliphatic carbocycles. The SMILES string of the molecule is O=C(CCSCc1nc2sc3c(c2c(=O)[nH]1)CCCC3)NCc1ccc(N2CCOCC2)cc1. The fourth-order valence-corrected chi connectivity index (χ4v) is 6.63. The van der Waals surface area contributed by atoms with Crippen molar-refractivity contribution in [2.45, 2.75) is 44.4 Å². The average Bonchev–Trinajstić information content (AvgIpc) is 3.25. The number of hydrogen-bond donors (Lipinski definition) is 2. The first kappa shape index (κ1) is 23.4. The van der Waals surface area contributed by atoms with Gasteiger partial charge < -0.3 is 19.9 Å². The molecule has 0 atom stereocenters. The fraction of sp³-hybridized carbons (Fsp3) is 0.480. The number of rotatable bonds is 8. The molecule has 34 heavy (non-hydrogen) atoms. The number of nitrogens with zero attached hydrogens (tertiary/aromatic N) is 2. The van der Waals surface area contributed by atoms with E-state index in [9.17, 15) is 9.59 Å². The van der Waals surface area contributed by atoms with Crippen LogP contribution in [0.4, 0.5) is 5.69 Å². The molecule has 1 fully saturated rings. The fourth-order valence-electron chi connectivity index (χ4n) is 4.55. The second-order valence-corrected chi connectivity index (χ2v) is 10.9. The topological polar surface area (TPSA) is 87.3 Å². The molecule has 0 bridgehead atoms. The monoisotopic (exact) mass is 498 g/mol. The van der Waals surface area contributed by atoms with Crippen molar-refractivity contribution in [1.29, 1.82) is 0 Å². The maximum atomic E-state index is 12.6. The Morgan fingerprint density at radius 3 is 2.79 bits per heavy atom. The lowest BCUT2D eigenvalue weighted by molar-refractivity contribution is -0.120. The summed E-state index contributed by atoms with van der Waals surface area (Å²) in [6.45, 7) is 3.90. The number of benzene rings is 1. The highest BCUT2D eigenvalue weighted by atomic mass is 32.2. The summed E-state index contributed by atoms with van der Waals surface area (Å²) < 4.78 is 5.40. The normalized spacial score (nSPS) is 15.9. The molecular weight excluding hydrogens is 468 g/mol. The van der Waals surface area contributed by atoms with Crippen LogP contribution >= 0.6 is 23.1 Å². The number of thiophene rings is 1. The molecule has 2 aromatic heterocycles. The van der Waals surface area contributed by atoms with Crippen LogP contribution in [-0.2, 0) is 34.7 Å². The van der Waals surface area contributed by atoms with E-state index in [2.05, 4.69) is 39.5 Å². The van der Waals surface area contributed by atoms with Crippen LogP contribution in [0.2, 0.25) is 0 Å². The summed E-state index contributed by atoms with van der Waals surface area (Å²) in [4.78, 5) is 37.1. The summed E-state index contributed by atoms with van der Waals surface area (Å²) in [5.41, 5.74) is 3.48. The number of aryl methyl sites for hydroxylation is 2. The van der Waals surface area contributed by atoms with Crippen LogP contribution in [0.1, 0.15) is 41.1 Å². The Hall–Kier alpha value is -2.36. The molecular formula is C25H30N4O3S2. The molecule has 3 heterocycles. The summed E-state index contributed by atoms with van der Waals surface area (Å²) in [7, 11) is 0. The number of ether oxygens (including phenoxy) is 1. The Labute approximate surface area is 207 Å². The third-order valence-corrected chi connectivity index (χ3v) is 8.54. The summed E-state index contributed by atoms with van der Waals surface area (Å²) in [5, 5.41) is 3.80. The smallest absolute Gasteiger partial charge is 0.259 e. The maximum absolute atomic E-state index is 12.6. The van der Waals surface area contributed by atoms with Crippen LogP contribution in [0.3, 0.4) is 0 Å². The van der Waals surface area contributed by atoms with Crippen molar-refractivity contribution in [3.8, 4) is 0 Å². The van der Waals surface area contributed by atoms with Gasteiger partial charge in [0, 0.05) is 42.4 Å². The van der Waals surface area contributed by atoms with Gasteiger partial charge in [0.05, 0.1) is 24.4 Å². The Morgan fingerprint density at radius 2 is 1.97 bits per heavy atom. The molecule has 1 saturated heterocycles. The van der Waals surface area contributed by atoms with Crippen LogP contribution < -0.4 is 15.8 Å². The van der Waals surface area contributed by atoms with E-state index in [0.717, 1.165) is 61.3 Å². The third kappa shape index (κ3) is 5.47. The van der Waals surface area contributed by atoms with Gasteiger partial charge in [0.1, 0.15) is 10.7 Å². The van der Waals surface area contributed by atoms with E-state index in [1.165, 1.54) is 22.5 Å². The third-order valence-electron chi connectivity index (χ3n) is 6.39. The number of nitrogens with one attached hydrogen (secondary N) is 2. The second kappa shape index (κ2) is 10.9. The first-order valence-electron chi connectivity index (χ1n) is 12.0. The molecule has 1 aromatic carbocycles. The zero-order valence-electron chi connectivity index (χ0n) is 19.2. The van der Waals surface area contributed by atoms with Crippen molar-refractivity contribution in [3.63, 3.8) is 0 Å². The van der Waals surface area contributed by atoms with E-state index < -0.39 is 0 Å². The number of hydrogen-bond acceptors (Lipinski definition) is 7. The van der Waals surface area contributed by atoms with Crippen LogP contribution in [-0.4, -0.2) is 47.9 Å². The number of aromatic nitrogens is 2. The highest BCUT2D eigenvalue weighted by Gasteiger charge is 2.19. The Morgan fingerprint density at radius 1 is 1.18 bits per heavy atom. The van der Waals surface area contributed by atoms with Crippen LogP contribution in [0.25, 0.3) is 10.2 Å². The van der Waals surface area contributed by atoms with Gasteiger partial charge in [-0.05, 0) is 48.9 Å². The number of morpholine rings is 1. The first-order chi connectivity index (χ1) is 16.7. The highest BCUT2D eigenvalue weighted by Crippen LogP contribution is 2.33. The number of carbonyl (C=O) groups excluding carboxylic acids is 1. The number of anilines is 1. The molecule has 0 saturated carbocycles. The quantitative estimate of drug-likeness (QED) is 0.461. The summed E-state index contributed by atoms with van der Waals surface area (Å²) >= 11 is 3.29. The minimum absolute atomic E-state index is 0.0163. The van der Waals surface area contributed by atoms with Gasteiger partial charge in [-0.15, -0.1) is 11.3 Å². The molecule has 180 valence electrons. The highest BCUT2D eigenvalue weighted by molar-refractivity contribution is 7.98. The van der Waals surface area contributed by atoms with Crippen molar-refractivity contribution in [2.75, 3.05) is 37.0 Å². The van der Waals surface area contributed by atoms with E-state index in [0.29, 0.717) is 30.3 Å². The Balaban J connectivity index is 1.06. The lowest BCUT2D eigenvalue weighted by Crippen LogP contribution is -2.36. The van der Waals surface area contributed by atoms with Gasteiger partial charge >= 0.3 is 0 Å². The molecule has 0 radical (unpaired) electrons. The van der Waals surface area contributed by atoms with Gasteiger partial charge in [-0.2, -0.15) is 11.8 Å². The van der Waals surface area contributed by atoms with E-state index in [1.54, 1.807) is 23.1 Å². The van der Waals surface area contributed by atoms with Crippen LogP contribution in [0.15, 0.2) is 29.1 Å². The molecule has 7 nitrogen and oxygen atoms in total. The Bertz CT molecular complexity index is 1200. The molecule has 2 N–H and O–H groups in total. The number of aromatic amines is 1. The van der Waals surface area contributed by atoms with Crippen molar-refractivity contribution < 1.29 is 9.53 Å². The largest absolute Gasteiger partial charge is 0.378 e. The number of carbonyl (C=O) groups is 1. The van der Waals surface area contributed by atoms with Crippen molar-refractivity contribution in [1.82, 2.24) is 15.3 Å². The molecule has 5 rings (SSSR count).